The van der Waals surface area contributed by atoms with Gasteiger partial charge in [-0.2, -0.15) is 12.6 Å². The first-order valence-corrected chi connectivity index (χ1v) is 5.14. The van der Waals surface area contributed by atoms with Crippen molar-refractivity contribution >= 4 is 12.6 Å². The van der Waals surface area contributed by atoms with Crippen molar-refractivity contribution in [3.8, 4) is 0 Å². The smallest absolute Gasteiger partial charge is 0.0667 e. The van der Waals surface area contributed by atoms with Crippen LogP contribution in [0.3, 0.4) is 0 Å². The molecule has 1 rings (SSSR count). The van der Waals surface area contributed by atoms with E-state index < -0.39 is 5.60 Å². The first kappa shape index (κ1) is 10.6. The van der Waals surface area contributed by atoms with Gasteiger partial charge in [0.15, 0.2) is 0 Å². The summed E-state index contributed by atoms with van der Waals surface area (Å²) in [5.74, 6) is 0.722. The van der Waals surface area contributed by atoms with E-state index in [1.54, 1.807) is 0 Å². The van der Waals surface area contributed by atoms with Gasteiger partial charge >= 0.3 is 0 Å². The molecule has 0 bridgehead atoms. The van der Waals surface area contributed by atoms with Crippen molar-refractivity contribution in [2.75, 3.05) is 5.75 Å². The number of hydrogen-bond donors (Lipinski definition) is 2. The molecule has 1 N–H and O–H groups in total. The maximum Gasteiger partial charge on any atom is 0.0667 e. The number of hydrogen-bond acceptors (Lipinski definition) is 2. The molecule has 72 valence electrons. The van der Waals surface area contributed by atoms with Gasteiger partial charge in [0.25, 0.3) is 0 Å². The van der Waals surface area contributed by atoms with Gasteiger partial charge in [0.1, 0.15) is 0 Å². The van der Waals surface area contributed by atoms with E-state index in [4.69, 9.17) is 0 Å². The van der Waals surface area contributed by atoms with E-state index in [-0.39, 0.29) is 0 Å². The number of aliphatic hydroxyl groups is 1. The molecule has 0 aliphatic rings. The fourth-order valence-electron chi connectivity index (χ4n) is 1.36. The van der Waals surface area contributed by atoms with E-state index in [1.165, 1.54) is 5.56 Å². The molecule has 0 amide bonds. The van der Waals surface area contributed by atoms with Crippen molar-refractivity contribution in [1.29, 1.82) is 0 Å². The average Bonchev–Trinajstić information content (AvgIpc) is 2.04. The van der Waals surface area contributed by atoms with Crippen LogP contribution in [0.2, 0.25) is 0 Å². The minimum Gasteiger partial charge on any atom is -0.390 e. The van der Waals surface area contributed by atoms with Gasteiger partial charge in [-0.25, -0.2) is 0 Å². The second-order valence-electron chi connectivity index (χ2n) is 3.63. The molecule has 13 heavy (non-hydrogen) atoms. The minimum atomic E-state index is -0.622. The highest BCUT2D eigenvalue weighted by Crippen LogP contribution is 2.16. The fourth-order valence-corrected chi connectivity index (χ4v) is 1.85. The van der Waals surface area contributed by atoms with Gasteiger partial charge in [-0.1, -0.05) is 30.3 Å². The lowest BCUT2D eigenvalue weighted by molar-refractivity contribution is 0.0578. The highest BCUT2D eigenvalue weighted by atomic mass is 32.1. The molecule has 0 aromatic heterocycles. The SMILES string of the molecule is CC(O)(CCS)Cc1ccccc1. The van der Waals surface area contributed by atoms with E-state index in [0.717, 1.165) is 12.2 Å². The molecular formula is C11H16OS. The van der Waals surface area contributed by atoms with E-state index in [2.05, 4.69) is 12.6 Å². The van der Waals surface area contributed by atoms with Crippen LogP contribution in [0.15, 0.2) is 30.3 Å². The molecule has 1 aromatic carbocycles. The van der Waals surface area contributed by atoms with Gasteiger partial charge in [0, 0.05) is 6.42 Å². The summed E-state index contributed by atoms with van der Waals surface area (Å²) in [6.45, 7) is 1.86. The Morgan fingerprint density at radius 3 is 2.46 bits per heavy atom. The molecule has 1 nitrogen and oxygen atoms in total. The molecule has 0 heterocycles. The lowest BCUT2D eigenvalue weighted by Gasteiger charge is -2.22. The van der Waals surface area contributed by atoms with E-state index in [0.29, 0.717) is 6.42 Å². The first-order valence-electron chi connectivity index (χ1n) is 4.51. The molecule has 2 heteroatoms. The van der Waals surface area contributed by atoms with Crippen LogP contribution in [-0.4, -0.2) is 16.5 Å². The fraction of sp³-hybridized carbons (Fsp3) is 0.455. The zero-order valence-electron chi connectivity index (χ0n) is 7.90. The Morgan fingerprint density at radius 2 is 1.92 bits per heavy atom. The maximum atomic E-state index is 9.92. The summed E-state index contributed by atoms with van der Waals surface area (Å²) in [5, 5.41) is 9.92. The third-order valence-corrected chi connectivity index (χ3v) is 2.30. The van der Waals surface area contributed by atoms with Gasteiger partial charge in [-0.05, 0) is 24.7 Å². The van der Waals surface area contributed by atoms with Gasteiger partial charge in [-0.15, -0.1) is 0 Å². The van der Waals surface area contributed by atoms with Gasteiger partial charge < -0.3 is 5.11 Å². The molecule has 0 fully saturated rings. The highest BCUT2D eigenvalue weighted by molar-refractivity contribution is 7.80. The van der Waals surface area contributed by atoms with Crippen LogP contribution in [0, 0.1) is 0 Å². The van der Waals surface area contributed by atoms with Crippen molar-refractivity contribution in [3.63, 3.8) is 0 Å². The predicted octanol–water partition coefficient (Wildman–Crippen LogP) is 2.30. The number of rotatable bonds is 4. The molecule has 0 radical (unpaired) electrons. The summed E-state index contributed by atoms with van der Waals surface area (Å²) >= 11 is 4.12. The normalized spacial score (nSPS) is 15.3. The Balaban J connectivity index is 2.58. The second kappa shape index (κ2) is 4.68. The summed E-state index contributed by atoms with van der Waals surface area (Å²) in [6, 6.07) is 10.0. The van der Waals surface area contributed by atoms with Crippen LogP contribution in [0.4, 0.5) is 0 Å². The Labute approximate surface area is 85.2 Å². The Kier molecular flexibility index (Phi) is 3.82. The molecule has 0 saturated carbocycles. The van der Waals surface area contributed by atoms with Crippen LogP contribution >= 0.6 is 12.6 Å². The number of thiol groups is 1. The summed E-state index contributed by atoms with van der Waals surface area (Å²) in [6.07, 6.45) is 1.43. The van der Waals surface area contributed by atoms with Crippen molar-refractivity contribution in [2.24, 2.45) is 0 Å². The molecule has 0 aliphatic carbocycles. The Bertz CT molecular complexity index is 244. The second-order valence-corrected chi connectivity index (χ2v) is 4.08. The summed E-state index contributed by atoms with van der Waals surface area (Å²) in [5.41, 5.74) is 0.553. The van der Waals surface area contributed by atoms with E-state index in [9.17, 15) is 5.11 Å². The van der Waals surface area contributed by atoms with Gasteiger partial charge in [0.2, 0.25) is 0 Å². The lowest BCUT2D eigenvalue weighted by atomic mass is 9.94. The summed E-state index contributed by atoms with van der Waals surface area (Å²) < 4.78 is 0. The molecule has 0 spiro atoms. The van der Waals surface area contributed by atoms with Crippen LogP contribution < -0.4 is 0 Å². The van der Waals surface area contributed by atoms with Crippen molar-refractivity contribution in [1.82, 2.24) is 0 Å². The standard InChI is InChI=1S/C11H16OS/c1-11(12,7-8-13)9-10-5-3-2-4-6-10/h2-6,12-13H,7-9H2,1H3. The van der Waals surface area contributed by atoms with Crippen molar-refractivity contribution < 1.29 is 5.11 Å². The predicted molar refractivity (Wildman–Crippen MR) is 59.2 cm³/mol. The Morgan fingerprint density at radius 1 is 1.31 bits per heavy atom. The third kappa shape index (κ3) is 3.83. The average molecular weight is 196 g/mol. The lowest BCUT2D eigenvalue weighted by Crippen LogP contribution is -2.27. The summed E-state index contributed by atoms with van der Waals surface area (Å²) in [4.78, 5) is 0. The van der Waals surface area contributed by atoms with Crippen LogP contribution in [0.25, 0.3) is 0 Å². The maximum absolute atomic E-state index is 9.92. The highest BCUT2D eigenvalue weighted by Gasteiger charge is 2.19. The first-order chi connectivity index (χ1) is 6.14. The van der Waals surface area contributed by atoms with Crippen molar-refractivity contribution in [2.45, 2.75) is 25.4 Å². The van der Waals surface area contributed by atoms with E-state index in [1.807, 2.05) is 37.3 Å². The van der Waals surface area contributed by atoms with E-state index >= 15 is 0 Å². The topological polar surface area (TPSA) is 20.2 Å². The Hall–Kier alpha value is -0.470. The van der Waals surface area contributed by atoms with Crippen molar-refractivity contribution in [3.05, 3.63) is 35.9 Å². The van der Waals surface area contributed by atoms with Crippen LogP contribution in [-0.2, 0) is 6.42 Å². The van der Waals surface area contributed by atoms with Crippen LogP contribution in [0.5, 0.6) is 0 Å². The zero-order chi connectivity index (χ0) is 9.73. The number of benzene rings is 1. The quantitative estimate of drug-likeness (QED) is 0.708. The summed E-state index contributed by atoms with van der Waals surface area (Å²) in [7, 11) is 0. The third-order valence-electron chi connectivity index (χ3n) is 2.08. The molecule has 1 aromatic rings. The monoisotopic (exact) mass is 196 g/mol. The largest absolute Gasteiger partial charge is 0.390 e. The zero-order valence-corrected chi connectivity index (χ0v) is 8.80. The molecular weight excluding hydrogens is 180 g/mol. The minimum absolute atomic E-state index is 0.622. The molecule has 1 unspecified atom stereocenters. The molecule has 0 aliphatic heterocycles. The van der Waals surface area contributed by atoms with Gasteiger partial charge in [-0.3, -0.25) is 0 Å². The molecule has 1 atom stereocenters. The van der Waals surface area contributed by atoms with Crippen LogP contribution in [0.1, 0.15) is 18.9 Å². The van der Waals surface area contributed by atoms with Gasteiger partial charge in [0.05, 0.1) is 5.60 Å². The molecule has 0 saturated heterocycles.